The van der Waals surface area contributed by atoms with Gasteiger partial charge in [0.1, 0.15) is 0 Å². The summed E-state index contributed by atoms with van der Waals surface area (Å²) in [5.41, 5.74) is 0. The molecule has 0 aliphatic heterocycles. The molecule has 0 atom stereocenters. The average Bonchev–Trinajstić information content (AvgIpc) is 1.38. The standard InChI is InChI=1S/C3H7.S.Sn/c1-3-2;;/h3H,1-2H3;;. The van der Waals surface area contributed by atoms with Crippen LogP contribution in [0.3, 0.4) is 0 Å². The molecule has 0 fully saturated rings. The van der Waals surface area contributed by atoms with Gasteiger partial charge in [0.2, 0.25) is 0 Å². The third-order valence-electron chi connectivity index (χ3n) is 0.236. The second-order valence-electron chi connectivity index (χ2n) is 1.27. The summed E-state index contributed by atoms with van der Waals surface area (Å²) in [6, 6.07) is 0. The third-order valence-corrected chi connectivity index (χ3v) is 4.74. The Morgan fingerprint density at radius 1 is 1.60 bits per heavy atom. The van der Waals surface area contributed by atoms with Crippen molar-refractivity contribution in [3.05, 3.63) is 0 Å². The molecule has 0 amide bonds. The van der Waals surface area contributed by atoms with Gasteiger partial charge >= 0.3 is 46.3 Å². The molecular weight excluding hydrogens is 187 g/mol. The van der Waals surface area contributed by atoms with E-state index in [1.54, 1.807) is 0 Å². The van der Waals surface area contributed by atoms with Crippen LogP contribution < -0.4 is 0 Å². The van der Waals surface area contributed by atoms with Gasteiger partial charge in [0, 0.05) is 0 Å². The summed E-state index contributed by atoms with van der Waals surface area (Å²) in [7, 11) is 4.85. The van der Waals surface area contributed by atoms with E-state index < -0.39 is 0 Å². The van der Waals surface area contributed by atoms with Crippen LogP contribution in [0.2, 0.25) is 3.93 Å². The van der Waals surface area contributed by atoms with Gasteiger partial charge in [0.15, 0.2) is 0 Å². The number of hydrogen-bond donors (Lipinski definition) is 0. The summed E-state index contributed by atoms with van der Waals surface area (Å²) in [5, 5.41) is 0. The Kier molecular flexibility index (Phi) is 3.87. The van der Waals surface area contributed by atoms with Gasteiger partial charge in [0.25, 0.3) is 0 Å². The fourth-order valence-electron chi connectivity index (χ4n) is 0. The molecule has 0 rings (SSSR count). The molecule has 0 aromatic heterocycles. The quantitative estimate of drug-likeness (QED) is 0.571. The Morgan fingerprint density at radius 3 is 1.80 bits per heavy atom. The van der Waals surface area contributed by atoms with Crippen molar-refractivity contribution >= 4 is 28.5 Å². The van der Waals surface area contributed by atoms with Crippen LogP contribution in [0.1, 0.15) is 13.8 Å². The summed E-state index contributed by atoms with van der Waals surface area (Å²) in [4.78, 5) is 0. The Bertz CT molecular complexity index is 33.9. The van der Waals surface area contributed by atoms with Gasteiger partial charge in [0.05, 0.1) is 0 Å². The molecule has 29 valence electrons. The van der Waals surface area contributed by atoms with Crippen LogP contribution in [0.15, 0.2) is 0 Å². The van der Waals surface area contributed by atoms with E-state index in [2.05, 4.69) is 13.8 Å². The molecule has 0 aliphatic carbocycles. The van der Waals surface area contributed by atoms with Crippen LogP contribution in [0.5, 0.6) is 0 Å². The van der Waals surface area contributed by atoms with Gasteiger partial charge in [-0.1, -0.05) is 0 Å². The van der Waals surface area contributed by atoms with Crippen LogP contribution in [0.25, 0.3) is 0 Å². The van der Waals surface area contributed by atoms with Crippen molar-refractivity contribution in [2.75, 3.05) is 0 Å². The molecule has 0 heterocycles. The van der Waals surface area contributed by atoms with Gasteiger partial charge in [-0.3, -0.25) is 0 Å². The molecule has 0 unspecified atom stereocenters. The van der Waals surface area contributed by atoms with Gasteiger partial charge in [-0.25, -0.2) is 0 Å². The molecule has 0 aromatic carbocycles. The molecule has 0 nitrogen and oxygen atoms in total. The molecule has 2 heteroatoms. The first-order chi connectivity index (χ1) is 2.27. The van der Waals surface area contributed by atoms with E-state index in [0.717, 1.165) is 3.93 Å². The zero-order valence-electron chi connectivity index (χ0n) is 3.49. The topological polar surface area (TPSA) is 0 Å². The van der Waals surface area contributed by atoms with E-state index in [9.17, 15) is 0 Å². The van der Waals surface area contributed by atoms with Crippen LogP contribution in [0, 0.1) is 0 Å². The summed E-state index contributed by atoms with van der Waals surface area (Å²) in [6.07, 6.45) is 0. The Morgan fingerprint density at radius 2 is 1.80 bits per heavy atom. The molecule has 0 N–H and O–H groups in total. The molecule has 0 saturated carbocycles. The molecule has 0 saturated heterocycles. The fraction of sp³-hybridized carbons (Fsp3) is 1.00. The summed E-state index contributed by atoms with van der Waals surface area (Å²) in [6.45, 7) is 4.39. The zero-order valence-corrected chi connectivity index (χ0v) is 7.16. The zero-order chi connectivity index (χ0) is 4.28. The summed E-state index contributed by atoms with van der Waals surface area (Å²) < 4.78 is 0.869. The average molecular weight is 194 g/mol. The fourth-order valence-corrected chi connectivity index (χ4v) is 0. The van der Waals surface area contributed by atoms with Crippen molar-refractivity contribution in [2.24, 2.45) is 0 Å². The normalized spacial score (nSPS) is 8.60. The summed E-state index contributed by atoms with van der Waals surface area (Å²) >= 11 is -0.282. The van der Waals surface area contributed by atoms with Crippen LogP contribution in [-0.2, 0) is 0 Å². The van der Waals surface area contributed by atoms with E-state index in [1.807, 2.05) is 0 Å². The van der Waals surface area contributed by atoms with Crippen LogP contribution in [0.4, 0.5) is 0 Å². The number of hydrogen-bond acceptors (Lipinski definition) is 1. The predicted molar refractivity (Wildman–Crippen MR) is 28.4 cm³/mol. The van der Waals surface area contributed by atoms with Crippen molar-refractivity contribution in [3.63, 3.8) is 0 Å². The molecule has 5 heavy (non-hydrogen) atoms. The minimum atomic E-state index is -0.282. The third kappa shape index (κ3) is 5.02. The molecule has 0 spiro atoms. The first kappa shape index (κ1) is 6.02. The second kappa shape index (κ2) is 3.22. The molecular formula is C3H7SSn. The van der Waals surface area contributed by atoms with Crippen molar-refractivity contribution in [2.45, 2.75) is 17.8 Å². The van der Waals surface area contributed by atoms with Crippen molar-refractivity contribution in [3.8, 4) is 0 Å². The first-order valence-corrected chi connectivity index (χ1v) is 7.20. The Hall–Kier alpha value is 1.02. The van der Waals surface area contributed by atoms with Gasteiger partial charge < -0.3 is 0 Å². The Labute approximate surface area is 46.3 Å². The van der Waals surface area contributed by atoms with E-state index in [0.29, 0.717) is 0 Å². The van der Waals surface area contributed by atoms with Crippen molar-refractivity contribution in [1.29, 1.82) is 0 Å². The maximum atomic E-state index is 4.85. The van der Waals surface area contributed by atoms with E-state index in [1.165, 1.54) is 0 Å². The molecule has 0 aliphatic rings. The molecule has 0 aromatic rings. The van der Waals surface area contributed by atoms with Crippen LogP contribution >= 0.6 is 9.29 Å². The van der Waals surface area contributed by atoms with E-state index in [-0.39, 0.29) is 19.2 Å². The Balaban J connectivity index is 2.83. The van der Waals surface area contributed by atoms with Gasteiger partial charge in [-0.15, -0.1) is 0 Å². The number of rotatable bonds is 1. The van der Waals surface area contributed by atoms with Gasteiger partial charge in [-0.05, 0) is 0 Å². The van der Waals surface area contributed by atoms with Gasteiger partial charge in [-0.2, -0.15) is 0 Å². The maximum absolute atomic E-state index is 4.85. The van der Waals surface area contributed by atoms with Crippen LogP contribution in [-0.4, -0.2) is 19.2 Å². The molecule has 1 radical (unpaired) electrons. The second-order valence-corrected chi connectivity index (χ2v) is 6.82. The van der Waals surface area contributed by atoms with Crippen molar-refractivity contribution < 1.29 is 0 Å². The van der Waals surface area contributed by atoms with Crippen molar-refractivity contribution in [1.82, 2.24) is 0 Å². The monoisotopic (exact) mass is 195 g/mol. The minimum absolute atomic E-state index is 0.282. The van der Waals surface area contributed by atoms with E-state index in [4.69, 9.17) is 9.29 Å². The first-order valence-electron chi connectivity index (χ1n) is 1.65. The van der Waals surface area contributed by atoms with E-state index >= 15 is 0 Å². The molecule has 0 bridgehead atoms. The SMILES string of the molecule is C[CH](C)[Sn]=[S]. The summed E-state index contributed by atoms with van der Waals surface area (Å²) in [5.74, 6) is 0. The predicted octanol–water partition coefficient (Wildman–Crippen LogP) is 1.63.